The second kappa shape index (κ2) is 5.69. The molecule has 1 aliphatic heterocycles. The average Bonchev–Trinajstić information content (AvgIpc) is 3.22. The number of hydrogen-bond donors (Lipinski definition) is 2. The molecule has 0 aromatic heterocycles. The van der Waals surface area contributed by atoms with Crippen LogP contribution in [0.3, 0.4) is 0 Å². The molecular weight excluding hydrogens is 230 g/mol. The molecule has 1 aliphatic carbocycles. The van der Waals surface area contributed by atoms with Crippen molar-refractivity contribution in [1.82, 2.24) is 10.2 Å². The summed E-state index contributed by atoms with van der Waals surface area (Å²) in [6, 6.07) is 0.203. The molecule has 5 heteroatoms. The zero-order valence-electron chi connectivity index (χ0n) is 11.0. The first-order valence-corrected chi connectivity index (χ1v) is 6.91. The molecule has 2 rings (SSSR count). The van der Waals surface area contributed by atoms with E-state index >= 15 is 0 Å². The Kier molecular flexibility index (Phi) is 4.22. The number of hydrogen-bond acceptors (Lipinski definition) is 3. The lowest BCUT2D eigenvalue weighted by Crippen LogP contribution is -2.48. The van der Waals surface area contributed by atoms with Crippen molar-refractivity contribution in [1.29, 1.82) is 0 Å². The predicted molar refractivity (Wildman–Crippen MR) is 68.7 cm³/mol. The van der Waals surface area contributed by atoms with E-state index in [1.54, 1.807) is 0 Å². The largest absolute Gasteiger partial charge is 0.353 e. The number of nitrogens with zero attached hydrogens (tertiary/aromatic N) is 1. The zero-order chi connectivity index (χ0) is 13.1. The third-order valence-electron chi connectivity index (χ3n) is 3.88. The van der Waals surface area contributed by atoms with Crippen LogP contribution >= 0.6 is 0 Å². The van der Waals surface area contributed by atoms with E-state index < -0.39 is 0 Å². The minimum atomic E-state index is -0.129. The minimum absolute atomic E-state index is 0.0319. The number of rotatable bonds is 4. The molecule has 0 radical (unpaired) electrons. The molecule has 0 aromatic carbocycles. The van der Waals surface area contributed by atoms with Gasteiger partial charge in [0.05, 0.1) is 0 Å². The first-order valence-electron chi connectivity index (χ1n) is 6.91. The highest BCUT2D eigenvalue weighted by molar-refractivity contribution is 5.81. The van der Waals surface area contributed by atoms with Crippen molar-refractivity contribution in [3.63, 3.8) is 0 Å². The molecule has 0 spiro atoms. The lowest BCUT2D eigenvalue weighted by Gasteiger charge is -2.33. The van der Waals surface area contributed by atoms with Crippen LogP contribution in [0.5, 0.6) is 0 Å². The summed E-state index contributed by atoms with van der Waals surface area (Å²) < 4.78 is 0. The maximum Gasteiger partial charge on any atom is 0.225 e. The number of amides is 2. The van der Waals surface area contributed by atoms with Gasteiger partial charge in [0.15, 0.2) is 0 Å². The lowest BCUT2D eigenvalue weighted by molar-refractivity contribution is -0.133. The first-order chi connectivity index (χ1) is 8.61. The van der Waals surface area contributed by atoms with Crippen LogP contribution in [0.15, 0.2) is 0 Å². The normalized spacial score (nSPS) is 22.7. The predicted octanol–water partition coefficient (Wildman–Crippen LogP) is 0.0984. The summed E-state index contributed by atoms with van der Waals surface area (Å²) in [6.07, 6.45) is 3.84. The highest BCUT2D eigenvalue weighted by Gasteiger charge is 2.35. The van der Waals surface area contributed by atoms with Crippen LogP contribution in [0.1, 0.15) is 32.6 Å². The molecule has 2 aliphatic rings. The van der Waals surface area contributed by atoms with Gasteiger partial charge in [-0.15, -0.1) is 0 Å². The zero-order valence-corrected chi connectivity index (χ0v) is 11.0. The van der Waals surface area contributed by atoms with Crippen LogP contribution in [0.4, 0.5) is 0 Å². The van der Waals surface area contributed by atoms with Crippen LogP contribution in [0.25, 0.3) is 0 Å². The fourth-order valence-electron chi connectivity index (χ4n) is 2.28. The molecule has 1 unspecified atom stereocenters. The Morgan fingerprint density at radius 3 is 2.39 bits per heavy atom. The van der Waals surface area contributed by atoms with E-state index in [1.165, 1.54) is 0 Å². The summed E-state index contributed by atoms with van der Waals surface area (Å²) in [5, 5.41) is 3.02. The molecule has 2 fully saturated rings. The molecular formula is C13H23N3O2. The van der Waals surface area contributed by atoms with Gasteiger partial charge in [-0.2, -0.15) is 0 Å². The topological polar surface area (TPSA) is 75.4 Å². The second-order valence-corrected chi connectivity index (χ2v) is 5.52. The van der Waals surface area contributed by atoms with Gasteiger partial charge < -0.3 is 16.0 Å². The number of likely N-dealkylation sites (tertiary alicyclic amines) is 1. The number of carbonyl (C=O) groups excluding carboxylic acids is 2. The van der Waals surface area contributed by atoms with Gasteiger partial charge in [-0.1, -0.05) is 6.92 Å². The van der Waals surface area contributed by atoms with Gasteiger partial charge in [0.1, 0.15) is 0 Å². The van der Waals surface area contributed by atoms with Gasteiger partial charge in [-0.05, 0) is 25.7 Å². The fraction of sp³-hybridized carbons (Fsp3) is 0.846. The molecule has 0 bridgehead atoms. The van der Waals surface area contributed by atoms with Gasteiger partial charge in [0.25, 0.3) is 0 Å². The highest BCUT2D eigenvalue weighted by atomic mass is 16.2. The van der Waals surface area contributed by atoms with Crippen molar-refractivity contribution in [2.24, 2.45) is 17.6 Å². The molecule has 1 saturated heterocycles. The van der Waals surface area contributed by atoms with Gasteiger partial charge in [-0.25, -0.2) is 0 Å². The van der Waals surface area contributed by atoms with Crippen molar-refractivity contribution in [2.75, 3.05) is 19.6 Å². The van der Waals surface area contributed by atoms with Crippen molar-refractivity contribution < 1.29 is 9.59 Å². The van der Waals surface area contributed by atoms with E-state index in [2.05, 4.69) is 5.32 Å². The quantitative estimate of drug-likeness (QED) is 0.746. The van der Waals surface area contributed by atoms with Gasteiger partial charge >= 0.3 is 0 Å². The molecule has 1 saturated carbocycles. The van der Waals surface area contributed by atoms with E-state index in [1.807, 2.05) is 11.8 Å². The van der Waals surface area contributed by atoms with Crippen LogP contribution in [0.2, 0.25) is 0 Å². The number of carbonyl (C=O) groups is 2. The molecule has 0 aromatic rings. The molecule has 1 atom stereocenters. The third kappa shape index (κ3) is 3.22. The minimum Gasteiger partial charge on any atom is -0.353 e. The molecule has 1 heterocycles. The number of nitrogens with one attached hydrogen (secondary N) is 1. The third-order valence-corrected chi connectivity index (χ3v) is 3.88. The smallest absolute Gasteiger partial charge is 0.225 e. The van der Waals surface area contributed by atoms with Crippen molar-refractivity contribution in [3.05, 3.63) is 0 Å². The van der Waals surface area contributed by atoms with Crippen molar-refractivity contribution in [2.45, 2.75) is 38.6 Å². The Labute approximate surface area is 108 Å². The standard InChI is InChI=1S/C13H23N3O2/c1-9(8-14)12(17)15-11-4-6-16(7-5-11)13(18)10-2-3-10/h9-11H,2-8,14H2,1H3,(H,15,17). The Morgan fingerprint density at radius 2 is 1.89 bits per heavy atom. The SMILES string of the molecule is CC(CN)C(=O)NC1CCN(C(=O)C2CC2)CC1. The van der Waals surface area contributed by atoms with Gasteiger partial charge in [-0.3, -0.25) is 9.59 Å². The van der Waals surface area contributed by atoms with E-state index in [0.29, 0.717) is 18.4 Å². The molecule has 102 valence electrons. The first kappa shape index (κ1) is 13.3. The summed E-state index contributed by atoms with van der Waals surface area (Å²) in [5.41, 5.74) is 5.47. The number of piperidine rings is 1. The van der Waals surface area contributed by atoms with E-state index in [-0.39, 0.29) is 17.9 Å². The maximum absolute atomic E-state index is 11.9. The Morgan fingerprint density at radius 1 is 1.28 bits per heavy atom. The van der Waals surface area contributed by atoms with E-state index in [0.717, 1.165) is 38.8 Å². The van der Waals surface area contributed by atoms with Crippen LogP contribution in [0, 0.1) is 11.8 Å². The summed E-state index contributed by atoms with van der Waals surface area (Å²) >= 11 is 0. The number of nitrogens with two attached hydrogens (primary N) is 1. The molecule has 2 amide bonds. The van der Waals surface area contributed by atoms with Crippen LogP contribution in [-0.4, -0.2) is 42.4 Å². The maximum atomic E-state index is 11.9. The average molecular weight is 253 g/mol. The lowest BCUT2D eigenvalue weighted by atomic mass is 10.0. The van der Waals surface area contributed by atoms with Crippen molar-refractivity contribution >= 4 is 11.8 Å². The van der Waals surface area contributed by atoms with Gasteiger partial charge in [0, 0.05) is 37.5 Å². The van der Waals surface area contributed by atoms with E-state index in [4.69, 9.17) is 5.73 Å². The molecule has 18 heavy (non-hydrogen) atoms. The monoisotopic (exact) mass is 253 g/mol. The Bertz CT molecular complexity index is 320. The summed E-state index contributed by atoms with van der Waals surface area (Å²) in [4.78, 5) is 25.5. The Hall–Kier alpha value is -1.10. The van der Waals surface area contributed by atoms with Crippen molar-refractivity contribution in [3.8, 4) is 0 Å². The summed E-state index contributed by atoms with van der Waals surface area (Å²) in [5.74, 6) is 0.518. The van der Waals surface area contributed by atoms with E-state index in [9.17, 15) is 9.59 Å². The summed E-state index contributed by atoms with van der Waals surface area (Å²) in [6.45, 7) is 3.76. The molecule has 5 nitrogen and oxygen atoms in total. The van der Waals surface area contributed by atoms with Crippen LogP contribution in [-0.2, 0) is 9.59 Å². The summed E-state index contributed by atoms with van der Waals surface area (Å²) in [7, 11) is 0. The highest BCUT2D eigenvalue weighted by Crippen LogP contribution is 2.31. The Balaban J connectivity index is 1.72. The van der Waals surface area contributed by atoms with Gasteiger partial charge in [0.2, 0.25) is 11.8 Å². The molecule has 3 N–H and O–H groups in total. The second-order valence-electron chi connectivity index (χ2n) is 5.52. The fourth-order valence-corrected chi connectivity index (χ4v) is 2.28. The van der Waals surface area contributed by atoms with Crippen LogP contribution < -0.4 is 11.1 Å².